The molecule has 0 aliphatic heterocycles. The van der Waals surface area contributed by atoms with Crippen LogP contribution in [0.4, 0.5) is 0 Å². The molecule has 13 heavy (non-hydrogen) atoms. The Labute approximate surface area is 95.7 Å². The van der Waals surface area contributed by atoms with Crippen molar-refractivity contribution in [2.75, 3.05) is 11.5 Å². The first kappa shape index (κ1) is 11.6. The normalized spacial score (nSPS) is 13.2. The zero-order valence-electron chi connectivity index (χ0n) is 7.50. The SMILES string of the molecule is CCSCC(O)Cc1cc(Br)cs1. The lowest BCUT2D eigenvalue weighted by molar-refractivity contribution is 0.201. The van der Waals surface area contributed by atoms with Gasteiger partial charge in [0.1, 0.15) is 0 Å². The first-order chi connectivity index (χ1) is 6.22. The van der Waals surface area contributed by atoms with Crippen molar-refractivity contribution in [3.63, 3.8) is 0 Å². The number of aliphatic hydroxyl groups is 1. The fraction of sp³-hybridized carbons (Fsp3) is 0.556. The van der Waals surface area contributed by atoms with E-state index in [0.717, 1.165) is 22.4 Å². The van der Waals surface area contributed by atoms with Gasteiger partial charge in [0.25, 0.3) is 0 Å². The molecule has 0 amide bonds. The lowest BCUT2D eigenvalue weighted by Crippen LogP contribution is -2.12. The van der Waals surface area contributed by atoms with Crippen molar-refractivity contribution >= 4 is 39.0 Å². The first-order valence-electron chi connectivity index (χ1n) is 4.21. The van der Waals surface area contributed by atoms with E-state index in [4.69, 9.17) is 0 Å². The molecular weight excluding hydrogens is 268 g/mol. The first-order valence-corrected chi connectivity index (χ1v) is 7.03. The maximum Gasteiger partial charge on any atom is 0.0678 e. The molecule has 0 aromatic carbocycles. The number of hydrogen-bond acceptors (Lipinski definition) is 3. The summed E-state index contributed by atoms with van der Waals surface area (Å²) in [5.41, 5.74) is 0. The van der Waals surface area contributed by atoms with Crippen LogP contribution >= 0.6 is 39.0 Å². The van der Waals surface area contributed by atoms with Crippen LogP contribution in [-0.2, 0) is 6.42 Å². The third kappa shape index (κ3) is 4.49. The molecule has 0 bridgehead atoms. The number of thiophene rings is 1. The summed E-state index contributed by atoms with van der Waals surface area (Å²) in [6.45, 7) is 2.11. The Bertz CT molecular complexity index is 250. The molecule has 0 saturated carbocycles. The van der Waals surface area contributed by atoms with Crippen LogP contribution < -0.4 is 0 Å². The molecule has 1 nitrogen and oxygen atoms in total. The van der Waals surface area contributed by atoms with Gasteiger partial charge in [0, 0.05) is 26.9 Å². The molecule has 0 aliphatic rings. The highest BCUT2D eigenvalue weighted by molar-refractivity contribution is 9.10. The van der Waals surface area contributed by atoms with E-state index in [2.05, 4.69) is 34.3 Å². The number of rotatable bonds is 5. The van der Waals surface area contributed by atoms with Gasteiger partial charge in [-0.15, -0.1) is 11.3 Å². The van der Waals surface area contributed by atoms with Gasteiger partial charge < -0.3 is 5.11 Å². The number of aliphatic hydroxyl groups excluding tert-OH is 1. The average Bonchev–Trinajstić information content (AvgIpc) is 2.48. The lowest BCUT2D eigenvalue weighted by Gasteiger charge is -2.07. The van der Waals surface area contributed by atoms with E-state index >= 15 is 0 Å². The fourth-order valence-electron chi connectivity index (χ4n) is 1.01. The van der Waals surface area contributed by atoms with Crippen LogP contribution in [0.3, 0.4) is 0 Å². The van der Waals surface area contributed by atoms with Gasteiger partial charge in [0.2, 0.25) is 0 Å². The molecule has 1 rings (SSSR count). The summed E-state index contributed by atoms with van der Waals surface area (Å²) < 4.78 is 1.11. The van der Waals surface area contributed by atoms with E-state index in [0.29, 0.717) is 0 Å². The summed E-state index contributed by atoms with van der Waals surface area (Å²) in [6.07, 6.45) is 0.582. The Morgan fingerprint density at radius 3 is 3.00 bits per heavy atom. The van der Waals surface area contributed by atoms with Crippen LogP contribution in [0.15, 0.2) is 15.9 Å². The van der Waals surface area contributed by atoms with Gasteiger partial charge in [0.05, 0.1) is 6.10 Å². The average molecular weight is 281 g/mol. The smallest absolute Gasteiger partial charge is 0.0678 e. The zero-order valence-corrected chi connectivity index (χ0v) is 10.7. The van der Waals surface area contributed by atoms with Crippen molar-refractivity contribution in [1.82, 2.24) is 0 Å². The summed E-state index contributed by atoms with van der Waals surface area (Å²) in [7, 11) is 0. The van der Waals surface area contributed by atoms with Crippen LogP contribution in [0.2, 0.25) is 0 Å². The molecule has 0 aliphatic carbocycles. The van der Waals surface area contributed by atoms with Crippen molar-refractivity contribution in [3.05, 3.63) is 20.8 Å². The van der Waals surface area contributed by atoms with Crippen LogP contribution in [0.1, 0.15) is 11.8 Å². The van der Waals surface area contributed by atoms with E-state index in [1.165, 1.54) is 4.88 Å². The molecule has 1 atom stereocenters. The maximum atomic E-state index is 9.61. The molecule has 1 heterocycles. The predicted octanol–water partition coefficient (Wildman–Crippen LogP) is 3.17. The Balaban J connectivity index is 2.31. The Morgan fingerprint density at radius 2 is 2.46 bits per heavy atom. The minimum absolute atomic E-state index is 0.199. The van der Waals surface area contributed by atoms with Crippen LogP contribution in [-0.4, -0.2) is 22.7 Å². The Kier molecular flexibility index (Phi) is 5.39. The highest BCUT2D eigenvalue weighted by Gasteiger charge is 2.06. The van der Waals surface area contributed by atoms with Crippen LogP contribution in [0, 0.1) is 0 Å². The maximum absolute atomic E-state index is 9.61. The second-order valence-corrected chi connectivity index (χ2v) is 5.98. The second-order valence-electron chi connectivity index (χ2n) is 2.75. The highest BCUT2D eigenvalue weighted by Crippen LogP contribution is 2.21. The minimum Gasteiger partial charge on any atom is -0.392 e. The van der Waals surface area contributed by atoms with Crippen LogP contribution in [0.25, 0.3) is 0 Å². The molecule has 1 aromatic rings. The third-order valence-electron chi connectivity index (χ3n) is 1.57. The molecular formula is C9H13BrOS2. The van der Waals surface area contributed by atoms with Gasteiger partial charge in [-0.2, -0.15) is 11.8 Å². The molecule has 1 N–H and O–H groups in total. The second kappa shape index (κ2) is 6.06. The Hall–Kier alpha value is 0.490. The summed E-state index contributed by atoms with van der Waals surface area (Å²) in [5, 5.41) is 11.7. The highest BCUT2D eigenvalue weighted by atomic mass is 79.9. The van der Waals surface area contributed by atoms with E-state index < -0.39 is 0 Å². The van der Waals surface area contributed by atoms with Crippen molar-refractivity contribution < 1.29 is 5.11 Å². The monoisotopic (exact) mass is 280 g/mol. The largest absolute Gasteiger partial charge is 0.392 e. The summed E-state index contributed by atoms with van der Waals surface area (Å²) in [4.78, 5) is 1.25. The molecule has 1 aromatic heterocycles. The molecule has 0 fully saturated rings. The van der Waals surface area contributed by atoms with E-state index in [1.807, 2.05) is 0 Å². The van der Waals surface area contributed by atoms with Crippen molar-refractivity contribution in [2.45, 2.75) is 19.4 Å². The van der Waals surface area contributed by atoms with E-state index in [9.17, 15) is 5.11 Å². The molecule has 0 radical (unpaired) electrons. The topological polar surface area (TPSA) is 20.2 Å². The summed E-state index contributed by atoms with van der Waals surface area (Å²) in [5.74, 6) is 1.91. The summed E-state index contributed by atoms with van der Waals surface area (Å²) in [6, 6.07) is 2.07. The minimum atomic E-state index is -0.199. The van der Waals surface area contributed by atoms with Gasteiger partial charge in [0.15, 0.2) is 0 Å². The Morgan fingerprint density at radius 1 is 1.69 bits per heavy atom. The van der Waals surface area contributed by atoms with Crippen molar-refractivity contribution in [3.8, 4) is 0 Å². The molecule has 0 spiro atoms. The molecule has 0 saturated heterocycles. The van der Waals surface area contributed by atoms with E-state index in [1.54, 1.807) is 23.1 Å². The fourth-order valence-corrected chi connectivity index (χ4v) is 3.16. The van der Waals surface area contributed by atoms with Crippen molar-refractivity contribution in [1.29, 1.82) is 0 Å². The van der Waals surface area contributed by atoms with Gasteiger partial charge in [-0.25, -0.2) is 0 Å². The molecule has 1 unspecified atom stereocenters. The van der Waals surface area contributed by atoms with Gasteiger partial charge in [-0.3, -0.25) is 0 Å². The lowest BCUT2D eigenvalue weighted by atomic mass is 10.2. The quantitative estimate of drug-likeness (QED) is 0.894. The molecule has 74 valence electrons. The predicted molar refractivity (Wildman–Crippen MR) is 64.7 cm³/mol. The van der Waals surface area contributed by atoms with E-state index in [-0.39, 0.29) is 6.10 Å². The number of hydrogen-bond donors (Lipinski definition) is 1. The van der Waals surface area contributed by atoms with Crippen LogP contribution in [0.5, 0.6) is 0 Å². The van der Waals surface area contributed by atoms with Gasteiger partial charge in [-0.05, 0) is 27.7 Å². The number of thioether (sulfide) groups is 1. The van der Waals surface area contributed by atoms with Gasteiger partial charge in [-0.1, -0.05) is 6.92 Å². The van der Waals surface area contributed by atoms with Crippen molar-refractivity contribution in [2.24, 2.45) is 0 Å². The summed E-state index contributed by atoms with van der Waals surface area (Å²) >= 11 is 6.88. The van der Waals surface area contributed by atoms with Gasteiger partial charge >= 0.3 is 0 Å². The molecule has 4 heteroatoms. The standard InChI is InChI=1S/C9H13BrOS2/c1-2-12-6-8(11)4-9-3-7(10)5-13-9/h3,5,8,11H,2,4,6H2,1H3. The number of halogens is 1. The zero-order chi connectivity index (χ0) is 9.68. The third-order valence-corrected chi connectivity index (χ3v) is 4.32.